The Morgan fingerprint density at radius 2 is 2.58 bits per heavy atom. The van der Waals surface area contributed by atoms with Crippen molar-refractivity contribution in [2.45, 2.75) is 26.0 Å². The highest BCUT2D eigenvalue weighted by molar-refractivity contribution is 5.50. The van der Waals surface area contributed by atoms with Crippen molar-refractivity contribution in [3.05, 3.63) is 18.0 Å². The van der Waals surface area contributed by atoms with E-state index in [1.165, 1.54) is 0 Å². The third kappa shape index (κ3) is 1.92. The Hall–Kier alpha value is -1.16. The van der Waals surface area contributed by atoms with E-state index in [0.29, 0.717) is 11.8 Å². The molecule has 0 bridgehead atoms. The van der Waals surface area contributed by atoms with Crippen LogP contribution in [-0.2, 0) is 11.3 Å². The van der Waals surface area contributed by atoms with Crippen molar-refractivity contribution < 1.29 is 9.90 Å². The Kier molecular flexibility index (Phi) is 2.99. The topological polar surface area (TPSA) is 55.1 Å². The largest absolute Gasteiger partial charge is 0.388 e. The number of aldehydes is 1. The standard InChI is InChI=1S/C8H12N2O2/c1-2-10-6-7(5-9-10)8(12)3-4-11/h4-6,8,12H,2-3H2,1H3. The summed E-state index contributed by atoms with van der Waals surface area (Å²) in [5.41, 5.74) is 0.698. The highest BCUT2D eigenvalue weighted by atomic mass is 16.3. The SMILES string of the molecule is CCn1cc(C(O)CC=O)cn1. The van der Waals surface area contributed by atoms with Crippen molar-refractivity contribution >= 4 is 6.29 Å². The number of nitrogens with zero attached hydrogens (tertiary/aromatic N) is 2. The van der Waals surface area contributed by atoms with E-state index in [0.717, 1.165) is 6.54 Å². The van der Waals surface area contributed by atoms with Gasteiger partial charge in [-0.15, -0.1) is 0 Å². The highest BCUT2D eigenvalue weighted by Crippen LogP contribution is 2.13. The van der Waals surface area contributed by atoms with E-state index < -0.39 is 6.10 Å². The molecule has 0 amide bonds. The van der Waals surface area contributed by atoms with Crippen molar-refractivity contribution in [3.63, 3.8) is 0 Å². The molecule has 1 aromatic heterocycles. The molecule has 1 N–H and O–H groups in total. The van der Waals surface area contributed by atoms with Gasteiger partial charge in [0.2, 0.25) is 0 Å². The van der Waals surface area contributed by atoms with Gasteiger partial charge in [-0.05, 0) is 6.92 Å². The summed E-state index contributed by atoms with van der Waals surface area (Å²) < 4.78 is 1.71. The second-order valence-corrected chi connectivity index (χ2v) is 2.55. The van der Waals surface area contributed by atoms with Gasteiger partial charge in [0.15, 0.2) is 0 Å². The van der Waals surface area contributed by atoms with E-state index in [-0.39, 0.29) is 6.42 Å². The number of carbonyl (C=O) groups is 1. The molecule has 0 saturated carbocycles. The van der Waals surface area contributed by atoms with E-state index in [2.05, 4.69) is 5.10 Å². The molecule has 0 radical (unpaired) electrons. The van der Waals surface area contributed by atoms with Gasteiger partial charge in [0, 0.05) is 24.7 Å². The summed E-state index contributed by atoms with van der Waals surface area (Å²) >= 11 is 0. The minimum Gasteiger partial charge on any atom is -0.388 e. The lowest BCUT2D eigenvalue weighted by atomic mass is 10.1. The average Bonchev–Trinajstić information content (AvgIpc) is 2.52. The zero-order valence-corrected chi connectivity index (χ0v) is 6.97. The molecular weight excluding hydrogens is 156 g/mol. The fourth-order valence-corrected chi connectivity index (χ4v) is 0.952. The number of rotatable bonds is 4. The minimum atomic E-state index is -0.706. The van der Waals surface area contributed by atoms with Crippen LogP contribution in [0.5, 0.6) is 0 Å². The van der Waals surface area contributed by atoms with Gasteiger partial charge in [-0.1, -0.05) is 0 Å². The summed E-state index contributed by atoms with van der Waals surface area (Å²) in [7, 11) is 0. The number of aryl methyl sites for hydroxylation is 1. The molecule has 0 fully saturated rings. The molecule has 66 valence electrons. The number of aliphatic hydroxyl groups is 1. The Labute approximate surface area is 70.8 Å². The van der Waals surface area contributed by atoms with Crippen LogP contribution in [0, 0.1) is 0 Å². The highest BCUT2D eigenvalue weighted by Gasteiger charge is 2.08. The smallest absolute Gasteiger partial charge is 0.122 e. The number of hydrogen-bond acceptors (Lipinski definition) is 3. The molecule has 0 aromatic carbocycles. The van der Waals surface area contributed by atoms with Gasteiger partial charge in [0.25, 0.3) is 0 Å². The third-order valence-electron chi connectivity index (χ3n) is 1.68. The summed E-state index contributed by atoms with van der Waals surface area (Å²) in [6.45, 7) is 2.73. The Bertz CT molecular complexity index is 257. The molecule has 12 heavy (non-hydrogen) atoms. The molecule has 1 atom stereocenters. The summed E-state index contributed by atoms with van der Waals surface area (Å²) in [5, 5.41) is 13.3. The summed E-state index contributed by atoms with van der Waals surface area (Å²) in [6.07, 6.45) is 3.46. The maximum absolute atomic E-state index is 10.1. The van der Waals surface area contributed by atoms with Gasteiger partial charge in [-0.25, -0.2) is 0 Å². The van der Waals surface area contributed by atoms with Crippen molar-refractivity contribution in [3.8, 4) is 0 Å². The normalized spacial score (nSPS) is 12.8. The molecule has 4 nitrogen and oxygen atoms in total. The van der Waals surface area contributed by atoms with Crippen molar-refractivity contribution in [2.75, 3.05) is 0 Å². The van der Waals surface area contributed by atoms with Crippen LogP contribution >= 0.6 is 0 Å². The van der Waals surface area contributed by atoms with E-state index in [1.54, 1.807) is 17.1 Å². The molecule has 0 spiro atoms. The molecule has 0 aliphatic carbocycles. The molecule has 0 aliphatic rings. The number of aromatic nitrogens is 2. The van der Waals surface area contributed by atoms with E-state index in [1.807, 2.05) is 6.92 Å². The fourth-order valence-electron chi connectivity index (χ4n) is 0.952. The Balaban J connectivity index is 2.67. The van der Waals surface area contributed by atoms with Crippen molar-refractivity contribution in [2.24, 2.45) is 0 Å². The average molecular weight is 168 g/mol. The maximum Gasteiger partial charge on any atom is 0.122 e. The third-order valence-corrected chi connectivity index (χ3v) is 1.68. The lowest BCUT2D eigenvalue weighted by Gasteiger charge is -2.01. The van der Waals surface area contributed by atoms with E-state index in [4.69, 9.17) is 0 Å². The number of hydrogen-bond donors (Lipinski definition) is 1. The van der Waals surface area contributed by atoms with Gasteiger partial charge in [-0.2, -0.15) is 5.10 Å². The molecule has 1 rings (SSSR count). The van der Waals surface area contributed by atoms with Crippen LogP contribution in [0.2, 0.25) is 0 Å². The monoisotopic (exact) mass is 168 g/mol. The van der Waals surface area contributed by atoms with Gasteiger partial charge in [-0.3, -0.25) is 4.68 Å². The first-order chi connectivity index (χ1) is 5.77. The second kappa shape index (κ2) is 4.01. The predicted molar refractivity (Wildman–Crippen MR) is 43.5 cm³/mol. The molecule has 0 aliphatic heterocycles. The van der Waals surface area contributed by atoms with Crippen LogP contribution in [0.15, 0.2) is 12.4 Å². The summed E-state index contributed by atoms with van der Waals surface area (Å²) in [4.78, 5) is 10.1. The minimum absolute atomic E-state index is 0.134. The van der Waals surface area contributed by atoms with Crippen LogP contribution in [0.4, 0.5) is 0 Å². The predicted octanol–water partition coefficient (Wildman–Crippen LogP) is 0.525. The van der Waals surface area contributed by atoms with Crippen LogP contribution in [-0.4, -0.2) is 21.2 Å². The summed E-state index contributed by atoms with van der Waals surface area (Å²) in [6, 6.07) is 0. The quantitative estimate of drug-likeness (QED) is 0.667. The first kappa shape index (κ1) is 8.93. The first-order valence-corrected chi connectivity index (χ1v) is 3.92. The van der Waals surface area contributed by atoms with Crippen LogP contribution in [0.3, 0.4) is 0 Å². The molecule has 0 saturated heterocycles. The van der Waals surface area contributed by atoms with Gasteiger partial charge >= 0.3 is 0 Å². The maximum atomic E-state index is 10.1. The van der Waals surface area contributed by atoms with Crippen LogP contribution in [0.25, 0.3) is 0 Å². The lowest BCUT2D eigenvalue weighted by Crippen LogP contribution is -1.96. The molecule has 1 unspecified atom stereocenters. The Morgan fingerprint density at radius 3 is 3.08 bits per heavy atom. The van der Waals surface area contributed by atoms with Gasteiger partial charge < -0.3 is 9.90 Å². The first-order valence-electron chi connectivity index (χ1n) is 3.92. The van der Waals surface area contributed by atoms with Crippen molar-refractivity contribution in [1.82, 2.24) is 9.78 Å². The fraction of sp³-hybridized carbons (Fsp3) is 0.500. The molecule has 1 heterocycles. The van der Waals surface area contributed by atoms with Crippen molar-refractivity contribution in [1.29, 1.82) is 0 Å². The second-order valence-electron chi connectivity index (χ2n) is 2.55. The zero-order valence-electron chi connectivity index (χ0n) is 6.97. The number of aliphatic hydroxyl groups excluding tert-OH is 1. The van der Waals surface area contributed by atoms with Gasteiger partial charge in [0.05, 0.1) is 12.3 Å². The van der Waals surface area contributed by atoms with Gasteiger partial charge in [0.1, 0.15) is 6.29 Å². The molecular formula is C8H12N2O2. The zero-order chi connectivity index (χ0) is 8.97. The lowest BCUT2D eigenvalue weighted by molar-refractivity contribution is -0.109. The summed E-state index contributed by atoms with van der Waals surface area (Å²) in [5.74, 6) is 0. The molecule has 1 aromatic rings. The number of carbonyl (C=O) groups excluding carboxylic acids is 1. The van der Waals surface area contributed by atoms with Crippen LogP contribution < -0.4 is 0 Å². The van der Waals surface area contributed by atoms with E-state index >= 15 is 0 Å². The molecule has 4 heteroatoms. The van der Waals surface area contributed by atoms with Crippen LogP contribution in [0.1, 0.15) is 25.0 Å². The van der Waals surface area contributed by atoms with E-state index in [9.17, 15) is 9.90 Å². The Morgan fingerprint density at radius 1 is 1.83 bits per heavy atom.